The zero-order chi connectivity index (χ0) is 23.4. The summed E-state index contributed by atoms with van der Waals surface area (Å²) in [6.45, 7) is 10.2. The molecule has 3 aromatic rings. The van der Waals surface area contributed by atoms with Gasteiger partial charge in [0, 0.05) is 49.7 Å². The van der Waals surface area contributed by atoms with E-state index in [1.807, 2.05) is 42.3 Å². The number of nitriles is 1. The fraction of sp³-hybridized carbons (Fsp3) is 0.417. The van der Waals surface area contributed by atoms with Crippen LogP contribution < -0.4 is 4.90 Å². The molecule has 8 nitrogen and oxygen atoms in total. The van der Waals surface area contributed by atoms with Gasteiger partial charge in [-0.25, -0.2) is 0 Å². The lowest BCUT2D eigenvalue weighted by Crippen LogP contribution is -2.51. The van der Waals surface area contributed by atoms with E-state index >= 15 is 0 Å². The highest BCUT2D eigenvalue weighted by Gasteiger charge is 2.33. The molecule has 3 heterocycles. The van der Waals surface area contributed by atoms with Gasteiger partial charge < -0.3 is 14.3 Å². The number of carbonyl (C=O) groups is 1. The average molecular weight is 465 g/mol. The monoisotopic (exact) mass is 464 g/mol. The maximum atomic E-state index is 13.3. The predicted octanol–water partition coefficient (Wildman–Crippen LogP) is 3.71. The number of aryl methyl sites for hydroxylation is 1. The number of hydrogen-bond donors (Lipinski definition) is 0. The van der Waals surface area contributed by atoms with Gasteiger partial charge in [0.15, 0.2) is 5.82 Å². The molecule has 1 aliphatic rings. The summed E-state index contributed by atoms with van der Waals surface area (Å²) in [5, 5.41) is 15.6. The van der Waals surface area contributed by atoms with Gasteiger partial charge in [-0.3, -0.25) is 9.69 Å². The van der Waals surface area contributed by atoms with Gasteiger partial charge in [0.2, 0.25) is 5.91 Å². The van der Waals surface area contributed by atoms with E-state index in [9.17, 15) is 10.1 Å². The Labute approximate surface area is 198 Å². The second-order valence-corrected chi connectivity index (χ2v) is 8.92. The first-order valence-electron chi connectivity index (χ1n) is 11.2. The van der Waals surface area contributed by atoms with Crippen molar-refractivity contribution in [1.29, 1.82) is 5.26 Å². The molecule has 2 aromatic heterocycles. The molecule has 0 saturated carbocycles. The van der Waals surface area contributed by atoms with Crippen molar-refractivity contribution >= 4 is 22.9 Å². The van der Waals surface area contributed by atoms with Crippen LogP contribution in [0.4, 0.5) is 5.69 Å². The first-order valence-corrected chi connectivity index (χ1v) is 12.1. The minimum Gasteiger partial charge on any atom is -0.368 e. The maximum absolute atomic E-state index is 13.3. The molecule has 33 heavy (non-hydrogen) atoms. The molecule has 4 rings (SSSR count). The number of nitrogens with zero attached hydrogens (tertiary/aromatic N) is 6. The average Bonchev–Trinajstić information content (AvgIpc) is 3.52. The quantitative estimate of drug-likeness (QED) is 0.526. The second-order valence-electron chi connectivity index (χ2n) is 7.94. The number of piperazine rings is 1. The van der Waals surface area contributed by atoms with Crippen LogP contribution in [0.15, 0.2) is 40.2 Å². The molecule has 9 heteroatoms. The summed E-state index contributed by atoms with van der Waals surface area (Å²) in [6.07, 6.45) is 0. The van der Waals surface area contributed by atoms with Gasteiger partial charge in [0.25, 0.3) is 5.89 Å². The topological polar surface area (TPSA) is 89.5 Å². The van der Waals surface area contributed by atoms with E-state index < -0.39 is 0 Å². The van der Waals surface area contributed by atoms with Gasteiger partial charge >= 0.3 is 0 Å². The SMILES string of the molecule is CCN(CC)C(=O)C(c1cccs1)N1CCN(c2ccc(-c3nc(C)no3)cc2C#N)CC1. The molecular weight excluding hydrogens is 436 g/mol. The molecule has 1 fully saturated rings. The van der Waals surface area contributed by atoms with Gasteiger partial charge in [-0.15, -0.1) is 11.3 Å². The standard InChI is InChI=1S/C24H28N6O2S/c1-4-28(5-2)24(31)22(21-7-6-14-33-21)30-12-10-29(11-13-30)20-9-8-18(15-19(20)16-25)23-26-17(3)27-32-23/h6-9,14-15,22H,4-5,10-13H2,1-3H3. The van der Waals surface area contributed by atoms with Crippen molar-refractivity contribution in [3.05, 3.63) is 52.0 Å². The van der Waals surface area contributed by atoms with Gasteiger partial charge in [-0.2, -0.15) is 10.2 Å². The summed E-state index contributed by atoms with van der Waals surface area (Å²) >= 11 is 1.63. The Bertz CT molecular complexity index is 1120. The van der Waals surface area contributed by atoms with Gasteiger partial charge in [0.05, 0.1) is 11.3 Å². The fourth-order valence-electron chi connectivity index (χ4n) is 4.28. The Kier molecular flexibility index (Phi) is 7.06. The summed E-state index contributed by atoms with van der Waals surface area (Å²) in [5.41, 5.74) is 2.20. The highest BCUT2D eigenvalue weighted by Crippen LogP contribution is 2.31. The van der Waals surface area contributed by atoms with Crippen molar-refractivity contribution in [2.45, 2.75) is 26.8 Å². The van der Waals surface area contributed by atoms with Crippen LogP contribution in [0.3, 0.4) is 0 Å². The molecule has 172 valence electrons. The molecule has 0 N–H and O–H groups in total. The predicted molar refractivity (Wildman–Crippen MR) is 128 cm³/mol. The highest BCUT2D eigenvalue weighted by molar-refractivity contribution is 7.10. The molecule has 0 bridgehead atoms. The third-order valence-corrected chi connectivity index (χ3v) is 6.96. The number of benzene rings is 1. The first kappa shape index (κ1) is 23.0. The van der Waals surface area contributed by atoms with Gasteiger partial charge in [0.1, 0.15) is 12.1 Å². The third kappa shape index (κ3) is 4.77. The Morgan fingerprint density at radius 2 is 2.00 bits per heavy atom. The molecule has 0 radical (unpaired) electrons. The lowest BCUT2D eigenvalue weighted by atomic mass is 10.1. The number of carbonyl (C=O) groups excluding carboxylic acids is 1. The Morgan fingerprint density at radius 3 is 2.58 bits per heavy atom. The molecule has 1 aromatic carbocycles. The van der Waals surface area contributed by atoms with Crippen molar-refractivity contribution in [3.63, 3.8) is 0 Å². The molecule has 1 unspecified atom stereocenters. The molecular formula is C24H28N6O2S. The van der Waals surface area contributed by atoms with Crippen LogP contribution in [-0.2, 0) is 4.79 Å². The van der Waals surface area contributed by atoms with Gasteiger partial charge in [-0.1, -0.05) is 11.2 Å². The molecule has 1 aliphatic heterocycles. The molecule has 1 saturated heterocycles. The van der Waals surface area contributed by atoms with E-state index in [-0.39, 0.29) is 11.9 Å². The highest BCUT2D eigenvalue weighted by atomic mass is 32.1. The number of likely N-dealkylation sites (N-methyl/N-ethyl adjacent to an activating group) is 1. The minimum atomic E-state index is -0.259. The van der Waals surface area contributed by atoms with Crippen LogP contribution in [0.1, 0.15) is 36.2 Å². The number of aromatic nitrogens is 2. The number of hydrogen-bond acceptors (Lipinski definition) is 8. The normalized spacial score (nSPS) is 15.3. The summed E-state index contributed by atoms with van der Waals surface area (Å²) in [6, 6.07) is 11.8. The van der Waals surface area contributed by atoms with Crippen molar-refractivity contribution in [1.82, 2.24) is 19.9 Å². The number of amides is 1. The first-order chi connectivity index (χ1) is 16.0. The van der Waals surface area contributed by atoms with Crippen molar-refractivity contribution in [2.24, 2.45) is 0 Å². The summed E-state index contributed by atoms with van der Waals surface area (Å²) in [4.78, 5) is 25.1. The van der Waals surface area contributed by atoms with E-state index in [1.165, 1.54) is 0 Å². The number of anilines is 1. The third-order valence-electron chi connectivity index (χ3n) is 6.03. The van der Waals surface area contributed by atoms with Crippen LogP contribution in [0.2, 0.25) is 0 Å². The van der Waals surface area contributed by atoms with E-state index in [2.05, 4.69) is 32.1 Å². The Hall–Kier alpha value is -3.22. The lowest BCUT2D eigenvalue weighted by Gasteiger charge is -2.40. The van der Waals surface area contributed by atoms with Crippen LogP contribution in [0.5, 0.6) is 0 Å². The zero-order valence-corrected chi connectivity index (χ0v) is 20.0. The van der Waals surface area contributed by atoms with Crippen molar-refractivity contribution < 1.29 is 9.32 Å². The molecule has 1 atom stereocenters. The number of rotatable bonds is 7. The Balaban J connectivity index is 1.52. The fourth-order valence-corrected chi connectivity index (χ4v) is 5.13. The smallest absolute Gasteiger partial charge is 0.257 e. The molecule has 0 aliphatic carbocycles. The van der Waals surface area contributed by atoms with Gasteiger partial charge in [-0.05, 0) is 50.4 Å². The van der Waals surface area contributed by atoms with E-state index in [1.54, 1.807) is 24.3 Å². The summed E-state index contributed by atoms with van der Waals surface area (Å²) < 4.78 is 5.25. The largest absolute Gasteiger partial charge is 0.368 e. The Morgan fingerprint density at radius 1 is 1.24 bits per heavy atom. The van der Waals surface area contributed by atoms with Crippen LogP contribution in [-0.4, -0.2) is 65.1 Å². The molecule has 1 amide bonds. The molecule has 0 spiro atoms. The minimum absolute atomic E-state index is 0.160. The van der Waals surface area contributed by atoms with Crippen LogP contribution >= 0.6 is 11.3 Å². The van der Waals surface area contributed by atoms with Crippen LogP contribution in [0, 0.1) is 18.3 Å². The van der Waals surface area contributed by atoms with E-state index in [4.69, 9.17) is 4.52 Å². The number of thiophene rings is 1. The zero-order valence-electron chi connectivity index (χ0n) is 19.2. The van der Waals surface area contributed by atoms with Crippen molar-refractivity contribution in [3.8, 4) is 17.5 Å². The van der Waals surface area contributed by atoms with E-state index in [0.29, 0.717) is 30.4 Å². The maximum Gasteiger partial charge on any atom is 0.257 e. The second kappa shape index (κ2) is 10.1. The van der Waals surface area contributed by atoms with Crippen LogP contribution in [0.25, 0.3) is 11.5 Å². The summed E-state index contributed by atoms with van der Waals surface area (Å²) in [7, 11) is 0. The van der Waals surface area contributed by atoms with E-state index in [0.717, 1.165) is 42.3 Å². The summed E-state index contributed by atoms with van der Waals surface area (Å²) in [5.74, 6) is 1.13. The van der Waals surface area contributed by atoms with Crippen molar-refractivity contribution in [2.75, 3.05) is 44.2 Å². The lowest BCUT2D eigenvalue weighted by molar-refractivity contribution is -0.137.